The molecule has 350 valence electrons. The normalized spacial score (nSPS) is 12.7. The van der Waals surface area contributed by atoms with Crippen molar-refractivity contribution >= 4 is 23.8 Å². The summed E-state index contributed by atoms with van der Waals surface area (Å²) in [6.07, 6.45) is 23.3. The Morgan fingerprint density at radius 3 is 1.12 bits per heavy atom. The van der Waals surface area contributed by atoms with Crippen LogP contribution in [-0.2, 0) is 4.74 Å². The summed E-state index contributed by atoms with van der Waals surface area (Å²) in [4.78, 5) is 53.6. The molecule has 65 heavy (non-hydrogen) atoms. The standard InChI is InChI=1S/C55H71NO9/c1-3-5-7-9-11-13-15-17-19-41-61-47-29-23-44(24-30-47)53(58)63-49-33-21-43(22-34-49)52(57)56-39-37-51(38-40-56)65-55(60)46-27-35-50(36-28-46)64-54(59)45-25-31-48(32-26-45)62-42-20-18-16-14-12-10-8-6-4-2/h21-36,51H,3-20,37-42H2,1-2H3. The van der Waals surface area contributed by atoms with Crippen LogP contribution in [0.1, 0.15) is 184 Å². The van der Waals surface area contributed by atoms with Gasteiger partial charge < -0.3 is 28.6 Å². The fraction of sp³-hybridized carbons (Fsp3) is 0.491. The summed E-state index contributed by atoms with van der Waals surface area (Å²) in [6.45, 7) is 6.64. The largest absolute Gasteiger partial charge is 0.494 e. The van der Waals surface area contributed by atoms with Crippen LogP contribution >= 0.6 is 0 Å². The Morgan fingerprint density at radius 2 is 0.738 bits per heavy atom. The molecule has 0 N–H and O–H groups in total. The summed E-state index contributed by atoms with van der Waals surface area (Å²) >= 11 is 0. The van der Waals surface area contributed by atoms with Crippen LogP contribution in [0, 0.1) is 0 Å². The molecule has 1 saturated heterocycles. The first-order chi connectivity index (χ1) is 31.8. The van der Waals surface area contributed by atoms with Crippen molar-refractivity contribution < 1.29 is 42.9 Å². The van der Waals surface area contributed by atoms with Gasteiger partial charge in [0.1, 0.15) is 29.1 Å². The molecule has 1 aliphatic heterocycles. The number of benzene rings is 4. The number of rotatable bonds is 29. The average molecular weight is 890 g/mol. The molecule has 1 aliphatic rings. The van der Waals surface area contributed by atoms with E-state index < -0.39 is 17.9 Å². The van der Waals surface area contributed by atoms with Crippen molar-refractivity contribution in [2.75, 3.05) is 26.3 Å². The number of hydrogen-bond acceptors (Lipinski definition) is 9. The molecular weight excluding hydrogens is 819 g/mol. The Morgan fingerprint density at radius 1 is 0.415 bits per heavy atom. The lowest BCUT2D eigenvalue weighted by molar-refractivity contribution is 0.0120. The van der Waals surface area contributed by atoms with Crippen LogP contribution < -0.4 is 18.9 Å². The molecule has 4 aromatic carbocycles. The zero-order valence-electron chi connectivity index (χ0n) is 38.9. The van der Waals surface area contributed by atoms with Gasteiger partial charge in [0.15, 0.2) is 0 Å². The van der Waals surface area contributed by atoms with E-state index in [9.17, 15) is 19.2 Å². The molecule has 0 spiro atoms. The summed E-state index contributed by atoms with van der Waals surface area (Å²) in [6, 6.07) is 26.7. The van der Waals surface area contributed by atoms with Crippen LogP contribution in [-0.4, -0.2) is 61.1 Å². The van der Waals surface area contributed by atoms with Crippen LogP contribution in [0.2, 0.25) is 0 Å². The third-order valence-electron chi connectivity index (χ3n) is 11.8. The fourth-order valence-electron chi connectivity index (χ4n) is 7.82. The second-order valence-electron chi connectivity index (χ2n) is 17.1. The number of ether oxygens (including phenoxy) is 5. The average Bonchev–Trinajstić information content (AvgIpc) is 3.33. The molecule has 5 rings (SSSR count). The summed E-state index contributed by atoms with van der Waals surface area (Å²) in [5.41, 5.74) is 1.61. The smallest absolute Gasteiger partial charge is 0.343 e. The maximum absolute atomic E-state index is 13.3. The number of amides is 1. The number of carbonyl (C=O) groups excluding carboxylic acids is 4. The van der Waals surface area contributed by atoms with Crippen molar-refractivity contribution in [3.63, 3.8) is 0 Å². The second kappa shape index (κ2) is 29.0. The maximum atomic E-state index is 13.3. The van der Waals surface area contributed by atoms with Gasteiger partial charge >= 0.3 is 17.9 Å². The van der Waals surface area contributed by atoms with Crippen molar-refractivity contribution in [3.05, 3.63) is 119 Å². The van der Waals surface area contributed by atoms with Crippen molar-refractivity contribution in [1.29, 1.82) is 0 Å². The SMILES string of the molecule is CCCCCCCCCCCOc1ccc(C(=O)Oc2ccc(C(=O)OC3CCN(C(=O)c4ccc(OC(=O)c5ccc(OCCCCCCCCCCC)cc5)cc4)CC3)cc2)cc1. The third kappa shape index (κ3) is 18.4. The van der Waals surface area contributed by atoms with Crippen LogP contribution in [0.15, 0.2) is 97.1 Å². The van der Waals surface area contributed by atoms with Crippen LogP contribution in [0.25, 0.3) is 0 Å². The minimum absolute atomic E-state index is 0.149. The Hall–Kier alpha value is -5.64. The second-order valence-corrected chi connectivity index (χ2v) is 17.1. The summed E-state index contributed by atoms with van der Waals surface area (Å²) in [5, 5.41) is 0. The lowest BCUT2D eigenvalue weighted by atomic mass is 10.1. The monoisotopic (exact) mass is 890 g/mol. The van der Waals surface area contributed by atoms with Crippen molar-refractivity contribution in [2.45, 2.75) is 148 Å². The van der Waals surface area contributed by atoms with Crippen molar-refractivity contribution in [3.8, 4) is 23.0 Å². The molecule has 0 aliphatic carbocycles. The highest BCUT2D eigenvalue weighted by atomic mass is 16.5. The summed E-state index contributed by atoms with van der Waals surface area (Å²) in [7, 11) is 0. The van der Waals surface area contributed by atoms with Crippen molar-refractivity contribution in [2.24, 2.45) is 0 Å². The zero-order chi connectivity index (χ0) is 45.9. The van der Waals surface area contributed by atoms with Gasteiger partial charge in [0.25, 0.3) is 5.91 Å². The Balaban J connectivity index is 0.943. The van der Waals surface area contributed by atoms with Gasteiger partial charge in [0, 0.05) is 31.5 Å². The van der Waals surface area contributed by atoms with Gasteiger partial charge in [-0.3, -0.25) is 4.79 Å². The van der Waals surface area contributed by atoms with Crippen LogP contribution in [0.5, 0.6) is 23.0 Å². The van der Waals surface area contributed by atoms with E-state index in [0.717, 1.165) is 37.2 Å². The predicted molar refractivity (Wildman–Crippen MR) is 255 cm³/mol. The number of esters is 3. The van der Waals surface area contributed by atoms with E-state index in [2.05, 4.69) is 13.8 Å². The molecule has 0 aromatic heterocycles. The molecule has 0 saturated carbocycles. The molecule has 1 heterocycles. The molecule has 4 aromatic rings. The number of piperidine rings is 1. The molecule has 0 atom stereocenters. The Labute approximate surface area is 387 Å². The van der Waals surface area contributed by atoms with E-state index in [-0.39, 0.29) is 12.0 Å². The molecular formula is C55H71NO9. The van der Waals surface area contributed by atoms with Gasteiger partial charge in [-0.1, -0.05) is 117 Å². The fourth-order valence-corrected chi connectivity index (χ4v) is 7.82. The number of nitrogens with zero attached hydrogens (tertiary/aromatic N) is 1. The number of hydrogen-bond donors (Lipinski definition) is 0. The Bertz CT molecular complexity index is 1990. The number of carbonyl (C=O) groups is 4. The van der Waals surface area contributed by atoms with Crippen LogP contribution in [0.4, 0.5) is 0 Å². The first-order valence-corrected chi connectivity index (χ1v) is 24.4. The molecule has 1 fully saturated rings. The highest BCUT2D eigenvalue weighted by molar-refractivity contribution is 5.95. The van der Waals surface area contributed by atoms with Gasteiger partial charge in [-0.25, -0.2) is 14.4 Å². The number of unbranched alkanes of at least 4 members (excludes halogenated alkanes) is 16. The minimum Gasteiger partial charge on any atom is -0.494 e. The first-order valence-electron chi connectivity index (χ1n) is 24.4. The summed E-state index contributed by atoms with van der Waals surface area (Å²) < 4.78 is 28.6. The van der Waals surface area contributed by atoms with E-state index >= 15 is 0 Å². The molecule has 0 unspecified atom stereocenters. The highest BCUT2D eigenvalue weighted by Crippen LogP contribution is 2.23. The zero-order valence-corrected chi connectivity index (χ0v) is 38.9. The van der Waals surface area contributed by atoms with E-state index in [1.54, 1.807) is 102 Å². The van der Waals surface area contributed by atoms with E-state index in [0.29, 0.717) is 72.9 Å². The topological polar surface area (TPSA) is 118 Å². The van der Waals surface area contributed by atoms with Gasteiger partial charge in [0.2, 0.25) is 0 Å². The third-order valence-corrected chi connectivity index (χ3v) is 11.8. The Kier molecular flexibility index (Phi) is 22.5. The van der Waals surface area contributed by atoms with E-state index in [1.807, 2.05) is 0 Å². The molecule has 1 amide bonds. The minimum atomic E-state index is -0.506. The highest BCUT2D eigenvalue weighted by Gasteiger charge is 2.26. The number of likely N-dealkylation sites (tertiary alicyclic amines) is 1. The van der Waals surface area contributed by atoms with Gasteiger partial charge in [-0.15, -0.1) is 0 Å². The van der Waals surface area contributed by atoms with Crippen molar-refractivity contribution in [1.82, 2.24) is 4.90 Å². The quantitative estimate of drug-likeness (QED) is 0.0298. The lowest BCUT2D eigenvalue weighted by Crippen LogP contribution is -2.41. The maximum Gasteiger partial charge on any atom is 0.343 e. The van der Waals surface area contributed by atoms with Gasteiger partial charge in [0.05, 0.1) is 29.9 Å². The van der Waals surface area contributed by atoms with Gasteiger partial charge in [-0.2, -0.15) is 0 Å². The van der Waals surface area contributed by atoms with Gasteiger partial charge in [-0.05, 0) is 110 Å². The van der Waals surface area contributed by atoms with Crippen LogP contribution in [0.3, 0.4) is 0 Å². The molecule has 10 nitrogen and oxygen atoms in total. The molecule has 0 radical (unpaired) electrons. The predicted octanol–water partition coefficient (Wildman–Crippen LogP) is 13.4. The first kappa shape index (κ1) is 50.4. The molecule has 10 heteroatoms. The van der Waals surface area contributed by atoms with E-state index in [4.69, 9.17) is 23.7 Å². The van der Waals surface area contributed by atoms with E-state index in [1.165, 1.54) is 89.9 Å². The molecule has 0 bridgehead atoms. The lowest BCUT2D eigenvalue weighted by Gasteiger charge is -2.31. The summed E-state index contributed by atoms with van der Waals surface area (Å²) in [5.74, 6) is 0.459.